The summed E-state index contributed by atoms with van der Waals surface area (Å²) in [5.41, 5.74) is 1.61. The van der Waals surface area contributed by atoms with Gasteiger partial charge in [0.15, 0.2) is 11.9 Å². The van der Waals surface area contributed by atoms with Crippen LogP contribution >= 0.6 is 0 Å². The van der Waals surface area contributed by atoms with E-state index in [1.54, 1.807) is 24.4 Å². The second-order valence-electron chi connectivity index (χ2n) is 8.57. The molecule has 0 spiro atoms. The van der Waals surface area contributed by atoms with Crippen LogP contribution in [-0.2, 0) is 14.3 Å². The molecule has 3 rings (SSSR count). The summed E-state index contributed by atoms with van der Waals surface area (Å²) in [6.45, 7) is 4.90. The van der Waals surface area contributed by atoms with Gasteiger partial charge in [0.25, 0.3) is 0 Å². The number of carboxylic acids is 1. The van der Waals surface area contributed by atoms with Gasteiger partial charge in [0.2, 0.25) is 5.91 Å². The van der Waals surface area contributed by atoms with Crippen LogP contribution in [0, 0.1) is 0 Å². The Bertz CT molecular complexity index is 937. The van der Waals surface area contributed by atoms with Gasteiger partial charge >= 0.3 is 11.8 Å². The van der Waals surface area contributed by atoms with Crippen LogP contribution in [0.5, 0.6) is 0 Å². The van der Waals surface area contributed by atoms with Gasteiger partial charge in [-0.2, -0.15) is 0 Å². The number of ketones is 1. The summed E-state index contributed by atoms with van der Waals surface area (Å²) >= 11 is 0. The highest BCUT2D eigenvalue weighted by atomic mass is 16.5. The highest BCUT2D eigenvalue weighted by Gasteiger charge is 2.31. The molecule has 1 amide bonds. The van der Waals surface area contributed by atoms with E-state index in [0.29, 0.717) is 50.6 Å². The first kappa shape index (κ1) is 25.6. The Kier molecular flexibility index (Phi) is 9.78. The van der Waals surface area contributed by atoms with Gasteiger partial charge in [-0.1, -0.05) is 31.9 Å². The van der Waals surface area contributed by atoms with E-state index in [2.05, 4.69) is 20.5 Å². The van der Waals surface area contributed by atoms with Crippen LogP contribution in [0.3, 0.4) is 0 Å². The molecule has 1 saturated heterocycles. The minimum atomic E-state index is -0.989. The standard InChI is InChI=1S/C25H34N4O5/c1-2-20(30)9-4-3-5-10-21(27-23(31)17-29-11-13-34-14-12-29)24-26-16-22(28-24)18-7-6-8-19(15-18)25(32)33/h6-8,15-16,21,28H,2-5,9-14,17H2,1H3,(H,27,31)(H,32,33)/q+1/t21-/m0/s1. The summed E-state index contributed by atoms with van der Waals surface area (Å²) < 4.78 is 5.35. The molecule has 9 nitrogen and oxygen atoms in total. The number of Topliss-reactive ketones (excluding diaryl/α,β-unsaturated/α-hetero) is 1. The number of carbonyl (C=O) groups excluding carboxylic acids is 2. The number of carbonyl (C=O) groups is 3. The van der Waals surface area contributed by atoms with Crippen LogP contribution in [0.2, 0.25) is 0 Å². The van der Waals surface area contributed by atoms with E-state index in [1.165, 1.54) is 0 Å². The summed E-state index contributed by atoms with van der Waals surface area (Å²) in [6.07, 6.45) is 6.11. The molecule has 0 saturated carbocycles. The lowest BCUT2D eigenvalue weighted by Crippen LogP contribution is -2.50. The number of aliphatic imine (C=N–C) groups is 1. The van der Waals surface area contributed by atoms with Crippen molar-refractivity contribution in [3.8, 4) is 0 Å². The molecule has 3 N–H and O–H groups in total. The van der Waals surface area contributed by atoms with Crippen LogP contribution in [-0.4, -0.2) is 72.4 Å². The lowest BCUT2D eigenvalue weighted by Gasteiger charge is -2.26. The van der Waals surface area contributed by atoms with Crippen molar-refractivity contribution < 1.29 is 24.2 Å². The number of morpholine rings is 1. The molecule has 1 aromatic rings. The average molecular weight is 471 g/mol. The third kappa shape index (κ3) is 7.78. The number of amides is 1. The Morgan fingerprint density at radius 1 is 1.21 bits per heavy atom. The number of hydrogen-bond donors (Lipinski definition) is 3. The van der Waals surface area contributed by atoms with Gasteiger partial charge in [-0.3, -0.25) is 14.5 Å². The fourth-order valence-corrected chi connectivity index (χ4v) is 3.98. The molecule has 1 fully saturated rings. The number of ether oxygens (including phenoxy) is 1. The minimum absolute atomic E-state index is 0.0705. The maximum Gasteiger partial charge on any atom is 0.335 e. The lowest BCUT2D eigenvalue weighted by atomic mass is 10.0. The number of hydrogen-bond acceptors (Lipinski definition) is 7. The molecule has 1 radical (unpaired) electrons. The van der Waals surface area contributed by atoms with Crippen LogP contribution in [0.1, 0.15) is 61.4 Å². The van der Waals surface area contributed by atoms with E-state index < -0.39 is 5.97 Å². The molecule has 0 aliphatic carbocycles. The largest absolute Gasteiger partial charge is 0.478 e. The van der Waals surface area contributed by atoms with Crippen molar-refractivity contribution in [2.75, 3.05) is 32.8 Å². The molecular formula is C25H34N4O5+. The zero-order valence-electron chi connectivity index (χ0n) is 19.7. The number of nitrogens with zero attached hydrogens (tertiary/aromatic N) is 2. The van der Waals surface area contributed by atoms with Crippen LogP contribution in [0.15, 0.2) is 30.5 Å². The molecule has 0 aromatic heterocycles. The Morgan fingerprint density at radius 2 is 2.00 bits per heavy atom. The molecule has 0 unspecified atom stereocenters. The van der Waals surface area contributed by atoms with E-state index in [1.807, 2.05) is 13.0 Å². The molecule has 2 heterocycles. The van der Waals surface area contributed by atoms with Crippen molar-refractivity contribution in [1.29, 1.82) is 0 Å². The Balaban J connectivity index is 1.59. The highest BCUT2D eigenvalue weighted by molar-refractivity contribution is 6.00. The van der Waals surface area contributed by atoms with Gasteiger partial charge < -0.3 is 15.2 Å². The van der Waals surface area contributed by atoms with E-state index >= 15 is 0 Å². The second kappa shape index (κ2) is 13.0. The Labute approximate surface area is 200 Å². The first-order valence-electron chi connectivity index (χ1n) is 12.0. The van der Waals surface area contributed by atoms with Gasteiger partial charge in [-0.05, 0) is 30.0 Å². The third-order valence-corrected chi connectivity index (χ3v) is 5.99. The highest BCUT2D eigenvalue weighted by Crippen LogP contribution is 2.17. The van der Waals surface area contributed by atoms with Gasteiger partial charge in [-0.15, -0.1) is 0 Å². The third-order valence-electron chi connectivity index (χ3n) is 5.99. The quantitative estimate of drug-likeness (QED) is 0.376. The lowest BCUT2D eigenvalue weighted by molar-refractivity contribution is -0.123. The van der Waals surface area contributed by atoms with Crippen molar-refractivity contribution in [3.63, 3.8) is 0 Å². The van der Waals surface area contributed by atoms with Crippen molar-refractivity contribution in [2.24, 2.45) is 0 Å². The molecule has 183 valence electrons. The summed E-state index contributed by atoms with van der Waals surface area (Å²) in [6, 6.07) is 6.35. The molecule has 34 heavy (non-hydrogen) atoms. The normalized spacial score (nSPS) is 16.9. The number of benzene rings is 1. The maximum atomic E-state index is 12.8. The molecule has 2 aliphatic heterocycles. The van der Waals surface area contributed by atoms with Crippen LogP contribution in [0.25, 0.3) is 5.70 Å². The number of nitrogens with one attached hydrogen (secondary N) is 2. The summed E-state index contributed by atoms with van der Waals surface area (Å²) in [5.74, 6) is -0.152. The monoisotopic (exact) mass is 470 g/mol. The number of aromatic carboxylic acids is 1. The van der Waals surface area contributed by atoms with E-state index in [0.717, 1.165) is 37.9 Å². The molecule has 0 bridgehead atoms. The van der Waals surface area contributed by atoms with E-state index in [4.69, 9.17) is 4.74 Å². The molecule has 1 atom stereocenters. The maximum absolute atomic E-state index is 12.8. The van der Waals surface area contributed by atoms with Crippen LogP contribution in [0.4, 0.5) is 0 Å². The summed E-state index contributed by atoms with van der Waals surface area (Å²) in [7, 11) is 0. The zero-order chi connectivity index (χ0) is 24.3. The molecule has 9 heteroatoms. The number of unbranched alkanes of at least 4 members (excludes halogenated alkanes) is 2. The summed E-state index contributed by atoms with van der Waals surface area (Å²) in [5, 5.41) is 15.6. The second-order valence-corrected chi connectivity index (χ2v) is 8.57. The fourth-order valence-electron chi connectivity index (χ4n) is 3.98. The molecular weight excluding hydrogens is 436 g/mol. The Hall–Kier alpha value is -3.04. The first-order valence-corrected chi connectivity index (χ1v) is 12.0. The topological polar surface area (TPSA) is 122 Å². The van der Waals surface area contributed by atoms with Crippen molar-refractivity contribution in [1.82, 2.24) is 20.5 Å². The van der Waals surface area contributed by atoms with Gasteiger partial charge in [-0.25, -0.2) is 10.1 Å². The zero-order valence-corrected chi connectivity index (χ0v) is 19.7. The van der Waals surface area contributed by atoms with Crippen molar-refractivity contribution in [2.45, 2.75) is 51.5 Å². The van der Waals surface area contributed by atoms with Gasteiger partial charge in [0.1, 0.15) is 11.8 Å². The molecule has 2 aliphatic rings. The number of rotatable bonds is 13. The predicted molar refractivity (Wildman–Crippen MR) is 129 cm³/mol. The Morgan fingerprint density at radius 3 is 2.74 bits per heavy atom. The van der Waals surface area contributed by atoms with Crippen LogP contribution < -0.4 is 15.6 Å². The number of amidine groups is 1. The van der Waals surface area contributed by atoms with Gasteiger partial charge in [0, 0.05) is 31.5 Å². The predicted octanol–water partition coefficient (Wildman–Crippen LogP) is 1.77. The minimum Gasteiger partial charge on any atom is -0.478 e. The SMILES string of the molecule is CCC(=O)CCCCC[C@H](NC(=O)CN1CCOCC1)C1=[N+]C=C(c2cccc(C(=O)O)c2)N1. The van der Waals surface area contributed by atoms with E-state index in [9.17, 15) is 19.5 Å². The summed E-state index contributed by atoms with van der Waals surface area (Å²) in [4.78, 5) is 42.2. The smallest absolute Gasteiger partial charge is 0.335 e. The first-order chi connectivity index (χ1) is 16.5. The van der Waals surface area contributed by atoms with Gasteiger partial charge in [0.05, 0.1) is 25.3 Å². The fraction of sp³-hybridized carbons (Fsp3) is 0.520. The molecule has 1 aromatic carbocycles. The van der Waals surface area contributed by atoms with E-state index in [-0.39, 0.29) is 23.3 Å². The number of carboxylic acid groups (broad SMARTS) is 1. The average Bonchev–Trinajstić information content (AvgIpc) is 3.34. The van der Waals surface area contributed by atoms with Crippen molar-refractivity contribution in [3.05, 3.63) is 41.6 Å². The van der Waals surface area contributed by atoms with Crippen molar-refractivity contribution >= 4 is 29.2 Å².